The number of phosphoric ester groups is 1. The van der Waals surface area contributed by atoms with Crippen LogP contribution in [0.25, 0.3) is 0 Å². The Morgan fingerprint density at radius 2 is 1.38 bits per heavy atom. The Kier molecular flexibility index (Phi) is 6.76. The number of unbranched alkanes of at least 4 members (excludes halogenated alkanes) is 3. The van der Waals surface area contributed by atoms with Crippen molar-refractivity contribution in [3.05, 3.63) is 71.8 Å². The summed E-state index contributed by atoms with van der Waals surface area (Å²) < 4.78 is 17.2. The molecule has 4 nitrogen and oxygen atoms in total. The largest absolute Gasteiger partial charge is 0.470 e. The lowest BCUT2D eigenvalue weighted by atomic mass is 9.82. The average molecular weight is 348 g/mol. The molecule has 2 N–H and O–H groups in total. The van der Waals surface area contributed by atoms with Gasteiger partial charge in [-0.05, 0) is 24.0 Å². The molecular formula is C19H25O4P. The Bertz CT molecular complexity index is 612. The Morgan fingerprint density at radius 1 is 0.875 bits per heavy atom. The summed E-state index contributed by atoms with van der Waals surface area (Å²) in [5, 5.41) is 0. The molecule has 0 spiro atoms. The standard InChI is InChI=1S/C19H25O4P/c1-2-3-4-11-16-19(23-24(20,21)22,17-12-7-5-8-13-17)18-14-9-6-10-15-18/h5-10,12-15H,2-4,11,16H2,1H3,(H2,20,21,22). The minimum atomic E-state index is -4.67. The van der Waals surface area contributed by atoms with Crippen molar-refractivity contribution in [2.24, 2.45) is 0 Å². The average Bonchev–Trinajstić information content (AvgIpc) is 2.58. The molecule has 2 aromatic rings. The molecule has 0 amide bonds. The fourth-order valence-electron chi connectivity index (χ4n) is 3.02. The molecule has 130 valence electrons. The second-order valence-corrected chi connectivity index (χ2v) is 7.12. The van der Waals surface area contributed by atoms with E-state index < -0.39 is 13.4 Å². The van der Waals surface area contributed by atoms with E-state index in [4.69, 9.17) is 4.52 Å². The van der Waals surface area contributed by atoms with Gasteiger partial charge in [-0.3, -0.25) is 4.52 Å². The summed E-state index contributed by atoms with van der Waals surface area (Å²) in [5.41, 5.74) is 0.377. The van der Waals surface area contributed by atoms with E-state index in [0.717, 1.165) is 36.8 Å². The van der Waals surface area contributed by atoms with E-state index >= 15 is 0 Å². The molecule has 0 saturated heterocycles. The highest BCUT2D eigenvalue weighted by molar-refractivity contribution is 7.46. The van der Waals surface area contributed by atoms with E-state index in [0.29, 0.717) is 6.42 Å². The summed E-state index contributed by atoms with van der Waals surface area (Å²) in [4.78, 5) is 19.1. The van der Waals surface area contributed by atoms with Gasteiger partial charge >= 0.3 is 7.82 Å². The van der Waals surface area contributed by atoms with Crippen LogP contribution < -0.4 is 0 Å². The fraction of sp³-hybridized carbons (Fsp3) is 0.368. The second kappa shape index (κ2) is 8.59. The molecule has 0 unspecified atom stereocenters. The first-order chi connectivity index (χ1) is 11.5. The van der Waals surface area contributed by atoms with E-state index in [1.807, 2.05) is 60.7 Å². The molecule has 5 heteroatoms. The maximum absolute atomic E-state index is 11.8. The first-order valence-corrected chi connectivity index (χ1v) is 9.88. The van der Waals surface area contributed by atoms with Crippen LogP contribution in [0.5, 0.6) is 0 Å². The number of hydrogen-bond acceptors (Lipinski definition) is 2. The molecule has 24 heavy (non-hydrogen) atoms. The van der Waals surface area contributed by atoms with Gasteiger partial charge in [0.2, 0.25) is 0 Å². The van der Waals surface area contributed by atoms with E-state index in [1.54, 1.807) is 0 Å². The van der Waals surface area contributed by atoms with Gasteiger partial charge in [-0.2, -0.15) is 0 Å². The molecule has 0 heterocycles. The zero-order valence-corrected chi connectivity index (χ0v) is 14.9. The SMILES string of the molecule is CCCCCCC(OP(=O)(O)O)(c1ccccc1)c1ccccc1. The van der Waals surface area contributed by atoms with E-state index in [-0.39, 0.29) is 0 Å². The molecule has 0 aliphatic carbocycles. The zero-order chi connectivity index (χ0) is 17.5. The van der Waals surface area contributed by atoms with Crippen LogP contribution >= 0.6 is 7.82 Å². The molecule has 2 aromatic carbocycles. The van der Waals surface area contributed by atoms with Crippen molar-refractivity contribution in [2.45, 2.75) is 44.6 Å². The third kappa shape index (κ3) is 5.02. The maximum atomic E-state index is 11.8. The molecule has 0 radical (unpaired) electrons. The first-order valence-electron chi connectivity index (χ1n) is 8.35. The molecule has 0 fully saturated rings. The van der Waals surface area contributed by atoms with Crippen LogP contribution in [-0.4, -0.2) is 9.79 Å². The fourth-order valence-corrected chi connectivity index (χ4v) is 3.73. The topological polar surface area (TPSA) is 66.8 Å². The summed E-state index contributed by atoms with van der Waals surface area (Å²) in [6, 6.07) is 18.7. The second-order valence-electron chi connectivity index (χ2n) is 5.95. The lowest BCUT2D eigenvalue weighted by Gasteiger charge is -2.35. The van der Waals surface area contributed by atoms with Crippen molar-refractivity contribution in [3.63, 3.8) is 0 Å². The molecule has 0 bridgehead atoms. The highest BCUT2D eigenvalue weighted by Gasteiger charge is 2.40. The van der Waals surface area contributed by atoms with Crippen LogP contribution in [0.4, 0.5) is 0 Å². The van der Waals surface area contributed by atoms with Crippen LogP contribution in [0, 0.1) is 0 Å². The summed E-state index contributed by atoms with van der Waals surface area (Å²) in [7, 11) is -4.67. The molecule has 0 atom stereocenters. The summed E-state index contributed by atoms with van der Waals surface area (Å²) >= 11 is 0. The van der Waals surface area contributed by atoms with Gasteiger partial charge in [0.25, 0.3) is 0 Å². The molecule has 0 aromatic heterocycles. The number of benzene rings is 2. The Hall–Kier alpha value is -1.45. The normalized spacial score (nSPS) is 12.3. The van der Waals surface area contributed by atoms with E-state index in [2.05, 4.69) is 6.92 Å². The molecule has 2 rings (SSSR count). The van der Waals surface area contributed by atoms with Crippen molar-refractivity contribution >= 4 is 7.82 Å². The van der Waals surface area contributed by atoms with E-state index in [1.165, 1.54) is 0 Å². The first kappa shape index (κ1) is 18.9. The maximum Gasteiger partial charge on any atom is 0.470 e. The van der Waals surface area contributed by atoms with Crippen LogP contribution in [0.3, 0.4) is 0 Å². The monoisotopic (exact) mass is 348 g/mol. The molecular weight excluding hydrogens is 323 g/mol. The number of hydrogen-bond donors (Lipinski definition) is 2. The third-order valence-corrected chi connectivity index (χ3v) is 4.69. The summed E-state index contributed by atoms with van der Waals surface area (Å²) in [6.07, 6.45) is 4.55. The smallest absolute Gasteiger partial charge is 0.303 e. The van der Waals surface area contributed by atoms with Crippen molar-refractivity contribution in [1.82, 2.24) is 0 Å². The van der Waals surface area contributed by atoms with Gasteiger partial charge in [-0.1, -0.05) is 86.8 Å². The zero-order valence-electron chi connectivity index (χ0n) is 14.0. The minimum Gasteiger partial charge on any atom is -0.303 e. The third-order valence-electron chi connectivity index (χ3n) is 4.14. The Balaban J connectivity index is 2.48. The van der Waals surface area contributed by atoms with Gasteiger partial charge in [0.15, 0.2) is 0 Å². The minimum absolute atomic E-state index is 0.520. The number of phosphoric acid groups is 1. The quantitative estimate of drug-likeness (QED) is 0.494. The van der Waals surface area contributed by atoms with Crippen molar-refractivity contribution in [3.8, 4) is 0 Å². The highest BCUT2D eigenvalue weighted by atomic mass is 31.2. The lowest BCUT2D eigenvalue weighted by molar-refractivity contribution is 0.0552. The van der Waals surface area contributed by atoms with Gasteiger partial charge in [0.05, 0.1) is 0 Å². The van der Waals surface area contributed by atoms with E-state index in [9.17, 15) is 14.4 Å². The predicted molar refractivity (Wildman–Crippen MR) is 95.6 cm³/mol. The Morgan fingerprint density at radius 3 is 1.79 bits per heavy atom. The van der Waals surface area contributed by atoms with Crippen LogP contribution in [-0.2, 0) is 14.7 Å². The molecule has 0 aliphatic rings. The number of rotatable bonds is 9. The van der Waals surface area contributed by atoms with Crippen molar-refractivity contribution < 1.29 is 18.9 Å². The van der Waals surface area contributed by atoms with Gasteiger partial charge in [-0.15, -0.1) is 0 Å². The van der Waals surface area contributed by atoms with Crippen molar-refractivity contribution in [1.29, 1.82) is 0 Å². The van der Waals surface area contributed by atoms with Crippen LogP contribution in [0.15, 0.2) is 60.7 Å². The Labute approximate surface area is 143 Å². The molecule has 0 saturated carbocycles. The summed E-state index contributed by atoms with van der Waals surface area (Å²) in [5.74, 6) is 0. The summed E-state index contributed by atoms with van der Waals surface area (Å²) in [6.45, 7) is 2.13. The van der Waals surface area contributed by atoms with Crippen LogP contribution in [0.2, 0.25) is 0 Å². The van der Waals surface area contributed by atoms with Gasteiger partial charge in [-0.25, -0.2) is 4.57 Å². The van der Waals surface area contributed by atoms with Crippen LogP contribution in [0.1, 0.15) is 50.2 Å². The van der Waals surface area contributed by atoms with Gasteiger partial charge < -0.3 is 9.79 Å². The molecule has 0 aliphatic heterocycles. The predicted octanol–water partition coefficient (Wildman–Crippen LogP) is 5.01. The van der Waals surface area contributed by atoms with Crippen molar-refractivity contribution in [2.75, 3.05) is 0 Å². The highest BCUT2D eigenvalue weighted by Crippen LogP contribution is 2.51. The van der Waals surface area contributed by atoms with Gasteiger partial charge in [0.1, 0.15) is 5.60 Å². The van der Waals surface area contributed by atoms with Gasteiger partial charge in [0, 0.05) is 0 Å². The lowest BCUT2D eigenvalue weighted by Crippen LogP contribution is -2.30.